The minimum atomic E-state index is -0.245. The standard InChI is InChI=1S/C20H26N5O/c1-14-21-13-18(23(14)6)20(3,4)25-15(2)24(19-22(5)11-12-26-19)16-9-7-8-10-17(16)25/h7-13,15H,1-6H3/q+1/t15-/m1/s1. The quantitative estimate of drug-likeness (QED) is 0.678. The van der Waals surface area contributed by atoms with Gasteiger partial charge in [0, 0.05) is 7.05 Å². The van der Waals surface area contributed by atoms with E-state index in [1.807, 2.05) is 30.9 Å². The Morgan fingerprint density at radius 1 is 1.19 bits per heavy atom. The number of oxazole rings is 1. The summed E-state index contributed by atoms with van der Waals surface area (Å²) in [6.07, 6.45) is 5.74. The second-order valence-electron chi connectivity index (χ2n) is 7.47. The molecule has 4 rings (SSSR count). The predicted octanol–water partition coefficient (Wildman–Crippen LogP) is 3.39. The Bertz CT molecular complexity index is 955. The lowest BCUT2D eigenvalue weighted by atomic mass is 9.97. The highest BCUT2D eigenvalue weighted by Gasteiger charge is 2.49. The van der Waals surface area contributed by atoms with Crippen LogP contribution in [0.25, 0.3) is 0 Å². The molecule has 0 saturated heterocycles. The van der Waals surface area contributed by atoms with Crippen molar-refractivity contribution in [1.82, 2.24) is 9.55 Å². The minimum absolute atomic E-state index is 0.0926. The molecule has 0 amide bonds. The van der Waals surface area contributed by atoms with Crippen LogP contribution >= 0.6 is 0 Å². The molecule has 0 spiro atoms. The third-order valence-electron chi connectivity index (χ3n) is 5.56. The van der Waals surface area contributed by atoms with Crippen molar-refractivity contribution in [3.05, 3.63) is 54.4 Å². The van der Waals surface area contributed by atoms with Gasteiger partial charge in [-0.15, -0.1) is 0 Å². The normalized spacial score (nSPS) is 17.1. The number of imidazole rings is 1. The van der Waals surface area contributed by atoms with E-state index in [0.717, 1.165) is 17.5 Å². The molecule has 1 aliphatic rings. The number of para-hydroxylation sites is 2. The molecule has 6 heteroatoms. The van der Waals surface area contributed by atoms with Crippen LogP contribution in [0.15, 0.2) is 47.3 Å². The van der Waals surface area contributed by atoms with Gasteiger partial charge in [-0.3, -0.25) is 0 Å². The van der Waals surface area contributed by atoms with Crippen LogP contribution in [-0.2, 0) is 19.6 Å². The van der Waals surface area contributed by atoms with Crippen LogP contribution in [0.5, 0.6) is 0 Å². The monoisotopic (exact) mass is 352 g/mol. The number of hydrogen-bond donors (Lipinski definition) is 0. The van der Waals surface area contributed by atoms with Crippen molar-refractivity contribution >= 4 is 17.4 Å². The number of aromatic nitrogens is 3. The summed E-state index contributed by atoms with van der Waals surface area (Å²) >= 11 is 0. The molecule has 0 bridgehead atoms. The van der Waals surface area contributed by atoms with E-state index in [1.54, 1.807) is 6.26 Å². The summed E-state index contributed by atoms with van der Waals surface area (Å²) in [6, 6.07) is 9.32. The maximum Gasteiger partial charge on any atom is 0.463 e. The lowest BCUT2D eigenvalue weighted by Gasteiger charge is -2.39. The molecule has 0 N–H and O–H groups in total. The van der Waals surface area contributed by atoms with Crippen molar-refractivity contribution in [2.75, 3.05) is 9.80 Å². The molecule has 0 fully saturated rings. The molecular formula is C20H26N5O+. The molecule has 0 saturated carbocycles. The molecule has 0 unspecified atom stereocenters. The number of rotatable bonds is 3. The third kappa shape index (κ3) is 2.18. The van der Waals surface area contributed by atoms with E-state index in [2.05, 4.69) is 71.4 Å². The Labute approximate surface area is 154 Å². The van der Waals surface area contributed by atoms with Gasteiger partial charge in [0.1, 0.15) is 18.3 Å². The second-order valence-corrected chi connectivity index (χ2v) is 7.47. The molecule has 0 aliphatic carbocycles. The zero-order valence-electron chi connectivity index (χ0n) is 16.3. The van der Waals surface area contributed by atoms with Crippen LogP contribution in [-0.4, -0.2) is 15.7 Å². The number of benzene rings is 1. The van der Waals surface area contributed by atoms with Crippen LogP contribution in [0.1, 0.15) is 32.3 Å². The average Bonchev–Trinajstić information content (AvgIpc) is 3.24. The smallest absolute Gasteiger partial charge is 0.396 e. The number of nitrogens with zero attached hydrogens (tertiary/aromatic N) is 5. The first kappa shape index (κ1) is 16.7. The maximum atomic E-state index is 5.81. The van der Waals surface area contributed by atoms with Crippen LogP contribution in [0.2, 0.25) is 0 Å². The van der Waals surface area contributed by atoms with E-state index in [9.17, 15) is 0 Å². The topological polar surface area (TPSA) is 41.3 Å². The lowest BCUT2D eigenvalue weighted by Crippen LogP contribution is -2.51. The van der Waals surface area contributed by atoms with Crippen LogP contribution in [0.4, 0.5) is 17.4 Å². The molecule has 1 aromatic carbocycles. The largest absolute Gasteiger partial charge is 0.463 e. The van der Waals surface area contributed by atoms with Gasteiger partial charge in [0.05, 0.1) is 30.2 Å². The van der Waals surface area contributed by atoms with Gasteiger partial charge in [-0.05, 0) is 39.8 Å². The van der Waals surface area contributed by atoms with Gasteiger partial charge in [0.15, 0.2) is 11.9 Å². The van der Waals surface area contributed by atoms with Crippen LogP contribution < -0.4 is 14.4 Å². The highest BCUT2D eigenvalue weighted by molar-refractivity contribution is 5.81. The average molecular weight is 352 g/mol. The predicted molar refractivity (Wildman–Crippen MR) is 101 cm³/mol. The zero-order chi connectivity index (χ0) is 18.6. The molecule has 0 radical (unpaired) electrons. The highest BCUT2D eigenvalue weighted by Crippen LogP contribution is 2.48. The highest BCUT2D eigenvalue weighted by atomic mass is 16.4. The van der Waals surface area contributed by atoms with E-state index < -0.39 is 0 Å². The fourth-order valence-electron chi connectivity index (χ4n) is 4.17. The third-order valence-corrected chi connectivity index (χ3v) is 5.56. The van der Waals surface area contributed by atoms with E-state index in [-0.39, 0.29) is 11.7 Å². The Morgan fingerprint density at radius 3 is 2.46 bits per heavy atom. The van der Waals surface area contributed by atoms with Gasteiger partial charge in [-0.2, -0.15) is 4.90 Å². The van der Waals surface area contributed by atoms with Crippen LogP contribution in [0.3, 0.4) is 0 Å². The summed E-state index contributed by atoms with van der Waals surface area (Å²) in [4.78, 5) is 9.21. The molecular weight excluding hydrogens is 326 g/mol. The molecule has 3 heterocycles. The van der Waals surface area contributed by atoms with Gasteiger partial charge in [0.2, 0.25) is 0 Å². The molecule has 3 aromatic rings. The molecule has 2 aromatic heterocycles. The molecule has 136 valence electrons. The van der Waals surface area contributed by atoms with Crippen molar-refractivity contribution < 1.29 is 8.98 Å². The summed E-state index contributed by atoms with van der Waals surface area (Å²) in [5, 5.41) is 0. The second kappa shape index (κ2) is 5.62. The summed E-state index contributed by atoms with van der Waals surface area (Å²) < 4.78 is 10.00. The van der Waals surface area contributed by atoms with Gasteiger partial charge in [-0.1, -0.05) is 12.1 Å². The summed E-state index contributed by atoms with van der Waals surface area (Å²) in [5.41, 5.74) is 3.28. The Morgan fingerprint density at radius 2 is 1.88 bits per heavy atom. The van der Waals surface area contributed by atoms with Gasteiger partial charge >= 0.3 is 6.01 Å². The first-order valence-corrected chi connectivity index (χ1v) is 8.93. The van der Waals surface area contributed by atoms with Crippen LogP contribution in [0, 0.1) is 6.92 Å². The van der Waals surface area contributed by atoms with E-state index in [0.29, 0.717) is 0 Å². The first-order chi connectivity index (χ1) is 12.3. The fraction of sp³-hybridized carbons (Fsp3) is 0.400. The Balaban J connectivity index is 1.88. The number of aryl methyl sites for hydroxylation is 2. The first-order valence-electron chi connectivity index (χ1n) is 8.93. The van der Waals surface area contributed by atoms with Crippen molar-refractivity contribution in [3.63, 3.8) is 0 Å². The molecule has 1 atom stereocenters. The van der Waals surface area contributed by atoms with Crippen molar-refractivity contribution in [3.8, 4) is 0 Å². The lowest BCUT2D eigenvalue weighted by molar-refractivity contribution is -0.660. The van der Waals surface area contributed by atoms with E-state index in [1.165, 1.54) is 11.4 Å². The molecule has 26 heavy (non-hydrogen) atoms. The number of hydrogen-bond acceptors (Lipinski definition) is 4. The summed E-state index contributed by atoms with van der Waals surface area (Å²) in [6.45, 7) is 8.76. The maximum absolute atomic E-state index is 5.81. The van der Waals surface area contributed by atoms with Crippen molar-refractivity contribution in [1.29, 1.82) is 0 Å². The summed E-state index contributed by atoms with van der Waals surface area (Å²) in [5.74, 6) is 1.02. The SMILES string of the molecule is Cc1ncc(C(C)(C)N2c3ccccc3N(c3occ[n+]3C)[C@H]2C)n1C. The van der Waals surface area contributed by atoms with Crippen molar-refractivity contribution in [2.45, 2.75) is 39.4 Å². The Hall–Kier alpha value is -2.76. The molecule has 6 nitrogen and oxygen atoms in total. The van der Waals surface area contributed by atoms with Crippen molar-refractivity contribution in [2.24, 2.45) is 14.1 Å². The van der Waals surface area contributed by atoms with E-state index >= 15 is 0 Å². The molecule has 1 aliphatic heterocycles. The minimum Gasteiger partial charge on any atom is -0.396 e. The number of anilines is 3. The fourth-order valence-corrected chi connectivity index (χ4v) is 4.17. The Kier molecular flexibility index (Phi) is 3.61. The summed E-state index contributed by atoms with van der Waals surface area (Å²) in [7, 11) is 4.09. The number of fused-ring (bicyclic) bond motifs is 1. The zero-order valence-corrected chi connectivity index (χ0v) is 16.3. The van der Waals surface area contributed by atoms with Gasteiger partial charge in [0.25, 0.3) is 0 Å². The van der Waals surface area contributed by atoms with E-state index in [4.69, 9.17) is 4.42 Å². The van der Waals surface area contributed by atoms with Gasteiger partial charge < -0.3 is 13.9 Å². The van der Waals surface area contributed by atoms with Gasteiger partial charge in [-0.25, -0.2) is 9.55 Å².